The van der Waals surface area contributed by atoms with E-state index in [2.05, 4.69) is 48.2 Å². The zero-order valence-electron chi connectivity index (χ0n) is 12.8. The summed E-state index contributed by atoms with van der Waals surface area (Å²) in [6.07, 6.45) is 3.18. The average Bonchev–Trinajstić information content (AvgIpc) is 2.88. The molecule has 3 aromatic rings. The smallest absolute Gasteiger partial charge is 0.259 e. The first-order valence-electron chi connectivity index (χ1n) is 7.06. The molecule has 0 spiro atoms. The van der Waals surface area contributed by atoms with Gasteiger partial charge in [0.2, 0.25) is 0 Å². The number of benzene rings is 1. The van der Waals surface area contributed by atoms with Gasteiger partial charge in [-0.2, -0.15) is 0 Å². The van der Waals surface area contributed by atoms with Crippen molar-refractivity contribution in [3.8, 4) is 0 Å². The number of nitrogens with one attached hydrogen (secondary N) is 1. The highest BCUT2D eigenvalue weighted by Crippen LogP contribution is 2.31. The van der Waals surface area contributed by atoms with Crippen molar-refractivity contribution in [2.75, 3.05) is 5.32 Å². The Balaban J connectivity index is 1.88. The van der Waals surface area contributed by atoms with Crippen LogP contribution in [0.1, 0.15) is 36.7 Å². The van der Waals surface area contributed by atoms with E-state index >= 15 is 0 Å². The second-order valence-corrected chi connectivity index (χ2v) is 7.18. The Bertz CT molecular complexity index is 819. The Morgan fingerprint density at radius 3 is 2.73 bits per heavy atom. The molecule has 0 saturated carbocycles. The number of hydrogen-bond acceptors (Lipinski definition) is 4. The Labute approximate surface area is 133 Å². The maximum Gasteiger partial charge on any atom is 0.259 e. The minimum atomic E-state index is -0.191. The molecule has 0 aliphatic carbocycles. The van der Waals surface area contributed by atoms with Crippen LogP contribution in [-0.4, -0.2) is 15.9 Å². The van der Waals surface area contributed by atoms with Crippen molar-refractivity contribution in [2.45, 2.75) is 26.2 Å². The predicted molar refractivity (Wildman–Crippen MR) is 90.5 cm³/mol. The predicted octanol–water partition coefficient (Wildman–Crippen LogP) is 4.24. The van der Waals surface area contributed by atoms with E-state index in [0.29, 0.717) is 10.7 Å². The van der Waals surface area contributed by atoms with Crippen molar-refractivity contribution >= 4 is 32.6 Å². The van der Waals surface area contributed by atoms with Gasteiger partial charge < -0.3 is 0 Å². The number of carbonyl (C=O) groups is 1. The molecule has 0 radical (unpaired) electrons. The maximum atomic E-state index is 12.1. The van der Waals surface area contributed by atoms with Gasteiger partial charge in [0.15, 0.2) is 5.13 Å². The number of anilines is 1. The lowest BCUT2D eigenvalue weighted by Crippen LogP contribution is -2.11. The lowest BCUT2D eigenvalue weighted by Gasteiger charge is -2.18. The standard InChI is InChI=1S/C17H17N3OS/c1-17(2,3)12-6-7-13-14(9-12)22-16(19-13)20-15(21)11-5-4-8-18-10-11/h4-10H,1-3H3,(H,19,20,21). The van der Waals surface area contributed by atoms with Crippen LogP contribution in [0, 0.1) is 0 Å². The fourth-order valence-electron chi connectivity index (χ4n) is 2.11. The van der Waals surface area contributed by atoms with E-state index in [0.717, 1.165) is 10.2 Å². The van der Waals surface area contributed by atoms with Crippen LogP contribution in [-0.2, 0) is 5.41 Å². The lowest BCUT2D eigenvalue weighted by atomic mass is 9.87. The van der Waals surface area contributed by atoms with Crippen molar-refractivity contribution < 1.29 is 4.79 Å². The van der Waals surface area contributed by atoms with Crippen LogP contribution in [0.25, 0.3) is 10.2 Å². The van der Waals surface area contributed by atoms with Gasteiger partial charge in [0.25, 0.3) is 5.91 Å². The van der Waals surface area contributed by atoms with Crippen molar-refractivity contribution in [1.82, 2.24) is 9.97 Å². The van der Waals surface area contributed by atoms with Crippen LogP contribution in [0.4, 0.5) is 5.13 Å². The third kappa shape index (κ3) is 2.99. The highest BCUT2D eigenvalue weighted by atomic mass is 32.1. The molecule has 0 saturated heterocycles. The third-order valence-corrected chi connectivity index (χ3v) is 4.33. The fourth-order valence-corrected chi connectivity index (χ4v) is 3.01. The highest BCUT2D eigenvalue weighted by molar-refractivity contribution is 7.22. The monoisotopic (exact) mass is 311 g/mol. The molecule has 22 heavy (non-hydrogen) atoms. The Morgan fingerprint density at radius 2 is 2.05 bits per heavy atom. The van der Waals surface area contributed by atoms with Crippen LogP contribution in [0.15, 0.2) is 42.7 Å². The van der Waals surface area contributed by atoms with Gasteiger partial charge >= 0.3 is 0 Å². The molecule has 0 bridgehead atoms. The molecule has 5 heteroatoms. The van der Waals surface area contributed by atoms with E-state index in [-0.39, 0.29) is 11.3 Å². The molecular formula is C17H17N3OS. The van der Waals surface area contributed by atoms with E-state index in [1.54, 1.807) is 24.5 Å². The highest BCUT2D eigenvalue weighted by Gasteiger charge is 2.16. The second kappa shape index (κ2) is 5.50. The number of amides is 1. The number of pyridine rings is 1. The zero-order valence-corrected chi connectivity index (χ0v) is 13.6. The number of hydrogen-bond donors (Lipinski definition) is 1. The second-order valence-electron chi connectivity index (χ2n) is 6.15. The Morgan fingerprint density at radius 1 is 1.23 bits per heavy atom. The van der Waals surface area contributed by atoms with Gasteiger partial charge in [-0.3, -0.25) is 15.1 Å². The first-order valence-corrected chi connectivity index (χ1v) is 7.87. The van der Waals surface area contributed by atoms with Crippen LogP contribution < -0.4 is 5.32 Å². The minimum Gasteiger partial charge on any atom is -0.298 e. The van der Waals surface area contributed by atoms with E-state index in [4.69, 9.17) is 0 Å². The molecule has 0 aliphatic rings. The SMILES string of the molecule is CC(C)(C)c1ccc2nc(NC(=O)c3cccnc3)sc2c1. The topological polar surface area (TPSA) is 54.9 Å². The van der Waals surface area contributed by atoms with E-state index in [1.165, 1.54) is 16.9 Å². The molecule has 0 atom stereocenters. The van der Waals surface area contributed by atoms with Crippen LogP contribution >= 0.6 is 11.3 Å². The van der Waals surface area contributed by atoms with Gasteiger partial charge in [0, 0.05) is 12.4 Å². The van der Waals surface area contributed by atoms with E-state index < -0.39 is 0 Å². The van der Waals surface area contributed by atoms with Crippen molar-refractivity contribution in [2.24, 2.45) is 0 Å². The van der Waals surface area contributed by atoms with Gasteiger partial charge in [0.05, 0.1) is 15.8 Å². The molecule has 0 fully saturated rings. The Hall–Kier alpha value is -2.27. The lowest BCUT2D eigenvalue weighted by molar-refractivity contribution is 0.102. The van der Waals surface area contributed by atoms with Crippen LogP contribution in [0.3, 0.4) is 0 Å². The molecule has 2 heterocycles. The molecule has 1 N–H and O–H groups in total. The maximum absolute atomic E-state index is 12.1. The van der Waals surface area contributed by atoms with Gasteiger partial charge in [-0.1, -0.05) is 38.2 Å². The summed E-state index contributed by atoms with van der Waals surface area (Å²) in [4.78, 5) is 20.6. The molecule has 1 amide bonds. The average molecular weight is 311 g/mol. The summed E-state index contributed by atoms with van der Waals surface area (Å²) in [6.45, 7) is 6.54. The first-order chi connectivity index (χ1) is 10.4. The largest absolute Gasteiger partial charge is 0.298 e. The first kappa shape index (κ1) is 14.7. The summed E-state index contributed by atoms with van der Waals surface area (Å²) in [5.41, 5.74) is 2.78. The molecular weight excluding hydrogens is 294 g/mol. The van der Waals surface area contributed by atoms with E-state index in [9.17, 15) is 4.79 Å². The normalized spacial score (nSPS) is 11.6. The van der Waals surface area contributed by atoms with Crippen LogP contribution in [0.5, 0.6) is 0 Å². The number of fused-ring (bicyclic) bond motifs is 1. The zero-order chi connectivity index (χ0) is 15.7. The van der Waals surface area contributed by atoms with Crippen molar-refractivity contribution in [1.29, 1.82) is 0 Å². The van der Waals surface area contributed by atoms with Crippen molar-refractivity contribution in [3.05, 3.63) is 53.9 Å². The molecule has 4 nitrogen and oxygen atoms in total. The summed E-state index contributed by atoms with van der Waals surface area (Å²) in [5, 5.41) is 3.44. The number of aromatic nitrogens is 2. The summed E-state index contributed by atoms with van der Waals surface area (Å²) in [6, 6.07) is 9.71. The van der Waals surface area contributed by atoms with Gasteiger partial charge in [-0.15, -0.1) is 0 Å². The minimum absolute atomic E-state index is 0.0945. The number of carbonyl (C=O) groups excluding carboxylic acids is 1. The van der Waals surface area contributed by atoms with E-state index in [1.807, 2.05) is 6.07 Å². The summed E-state index contributed by atoms with van der Waals surface area (Å²) >= 11 is 1.49. The number of rotatable bonds is 2. The molecule has 112 valence electrons. The number of thiazole rings is 1. The molecule has 3 rings (SSSR count). The molecule has 1 aromatic carbocycles. The third-order valence-electron chi connectivity index (χ3n) is 3.40. The quantitative estimate of drug-likeness (QED) is 0.770. The van der Waals surface area contributed by atoms with Crippen LogP contribution in [0.2, 0.25) is 0 Å². The van der Waals surface area contributed by atoms with Gasteiger partial charge in [-0.05, 0) is 35.2 Å². The molecule has 2 aromatic heterocycles. The Kier molecular flexibility index (Phi) is 3.66. The van der Waals surface area contributed by atoms with Gasteiger partial charge in [0.1, 0.15) is 0 Å². The summed E-state index contributed by atoms with van der Waals surface area (Å²) in [5.74, 6) is -0.191. The van der Waals surface area contributed by atoms with Crippen molar-refractivity contribution in [3.63, 3.8) is 0 Å². The molecule has 0 aliphatic heterocycles. The summed E-state index contributed by atoms with van der Waals surface area (Å²) in [7, 11) is 0. The summed E-state index contributed by atoms with van der Waals surface area (Å²) < 4.78 is 1.08. The van der Waals surface area contributed by atoms with Gasteiger partial charge in [-0.25, -0.2) is 4.98 Å². The number of nitrogens with zero attached hydrogens (tertiary/aromatic N) is 2. The fraction of sp³-hybridized carbons (Fsp3) is 0.235. The molecule has 0 unspecified atom stereocenters.